The molecule has 5 rings (SSSR count). The van der Waals surface area contributed by atoms with Crippen LogP contribution in [0.4, 0.5) is 0 Å². The molecular formula is C26H34N2O3. The summed E-state index contributed by atoms with van der Waals surface area (Å²) in [6.07, 6.45) is 4.66. The zero-order valence-corrected chi connectivity index (χ0v) is 18.9. The van der Waals surface area contributed by atoms with Crippen LogP contribution in [0.15, 0.2) is 30.3 Å². The van der Waals surface area contributed by atoms with Crippen molar-refractivity contribution >= 4 is 0 Å². The summed E-state index contributed by atoms with van der Waals surface area (Å²) in [6.45, 7) is 4.36. The van der Waals surface area contributed by atoms with E-state index >= 15 is 0 Å². The molecule has 166 valence electrons. The lowest BCUT2D eigenvalue weighted by molar-refractivity contribution is 0.235. The summed E-state index contributed by atoms with van der Waals surface area (Å²) in [4.78, 5) is 2.60. The maximum atomic E-state index is 5.67. The average molecular weight is 423 g/mol. The first-order valence-electron chi connectivity index (χ1n) is 11.6. The molecule has 0 aromatic heterocycles. The minimum absolute atomic E-state index is 0.544. The molecule has 1 saturated heterocycles. The topological polar surface area (TPSA) is 43.0 Å². The molecular weight excluding hydrogens is 388 g/mol. The van der Waals surface area contributed by atoms with E-state index in [4.69, 9.17) is 14.2 Å². The first kappa shape index (κ1) is 20.7. The van der Waals surface area contributed by atoms with Crippen LogP contribution >= 0.6 is 0 Å². The van der Waals surface area contributed by atoms with Gasteiger partial charge in [-0.3, -0.25) is 4.90 Å². The first-order chi connectivity index (χ1) is 15.2. The molecule has 3 atom stereocenters. The van der Waals surface area contributed by atoms with Crippen molar-refractivity contribution in [3.8, 4) is 17.2 Å². The van der Waals surface area contributed by atoms with E-state index in [9.17, 15) is 0 Å². The largest absolute Gasteiger partial charge is 0.496 e. The monoisotopic (exact) mass is 422 g/mol. The molecule has 0 bridgehead atoms. The summed E-state index contributed by atoms with van der Waals surface area (Å²) in [5.41, 5.74) is 5.72. The molecule has 0 spiro atoms. The Morgan fingerprint density at radius 2 is 1.74 bits per heavy atom. The Hall–Kier alpha value is -2.24. The normalized spacial score (nSPS) is 24.8. The van der Waals surface area contributed by atoms with Crippen molar-refractivity contribution in [3.63, 3.8) is 0 Å². The third-order valence-electron chi connectivity index (χ3n) is 7.65. The van der Waals surface area contributed by atoms with Crippen molar-refractivity contribution in [2.45, 2.75) is 44.2 Å². The summed E-state index contributed by atoms with van der Waals surface area (Å²) in [5, 5.41) is 3.87. The summed E-state index contributed by atoms with van der Waals surface area (Å²) < 4.78 is 16.7. The van der Waals surface area contributed by atoms with Gasteiger partial charge in [0.25, 0.3) is 0 Å². The number of hydrogen-bond acceptors (Lipinski definition) is 5. The van der Waals surface area contributed by atoms with Crippen LogP contribution in [0.3, 0.4) is 0 Å². The van der Waals surface area contributed by atoms with E-state index in [1.165, 1.54) is 35.1 Å². The van der Waals surface area contributed by atoms with Gasteiger partial charge in [-0.2, -0.15) is 0 Å². The zero-order chi connectivity index (χ0) is 21.4. The predicted molar refractivity (Wildman–Crippen MR) is 122 cm³/mol. The number of rotatable bonds is 6. The lowest BCUT2D eigenvalue weighted by Crippen LogP contribution is -2.36. The van der Waals surface area contributed by atoms with E-state index in [1.807, 2.05) is 0 Å². The fraction of sp³-hybridized carbons (Fsp3) is 0.538. The van der Waals surface area contributed by atoms with Crippen LogP contribution in [0.5, 0.6) is 17.2 Å². The van der Waals surface area contributed by atoms with Gasteiger partial charge in [-0.1, -0.05) is 12.1 Å². The van der Waals surface area contributed by atoms with Gasteiger partial charge in [0.15, 0.2) is 11.5 Å². The van der Waals surface area contributed by atoms with Crippen LogP contribution in [-0.2, 0) is 19.4 Å². The number of nitrogens with zero attached hydrogens (tertiary/aromatic N) is 1. The molecule has 2 heterocycles. The predicted octanol–water partition coefficient (Wildman–Crippen LogP) is 3.78. The van der Waals surface area contributed by atoms with Crippen molar-refractivity contribution in [2.75, 3.05) is 41.0 Å². The average Bonchev–Trinajstić information content (AvgIpc) is 3.24. The molecule has 0 amide bonds. The third kappa shape index (κ3) is 3.79. The minimum Gasteiger partial charge on any atom is -0.496 e. The standard InChI is InChI=1S/C26H34N2O3/c1-29-23-6-4-5-21-20(23)8-7-18-15-27-22(26(18)21)10-12-28-11-9-17-13-24(30-2)25(31-3)14-19(17)16-28/h4-6,13-14,18,22,26-27H,7-12,15-16H2,1-3H3. The van der Waals surface area contributed by atoms with Gasteiger partial charge in [0.2, 0.25) is 0 Å². The first-order valence-corrected chi connectivity index (χ1v) is 11.6. The Morgan fingerprint density at radius 1 is 0.968 bits per heavy atom. The van der Waals surface area contributed by atoms with Crippen molar-refractivity contribution in [1.29, 1.82) is 0 Å². The SMILES string of the molecule is COc1cc2c(cc1OC)CN(CCC1NCC3CCc4c(OC)cccc4C31)CC2. The summed E-state index contributed by atoms with van der Waals surface area (Å²) in [7, 11) is 5.22. The van der Waals surface area contributed by atoms with E-state index in [0.717, 1.165) is 62.2 Å². The van der Waals surface area contributed by atoms with E-state index in [-0.39, 0.29) is 0 Å². The molecule has 0 radical (unpaired) electrons. The smallest absolute Gasteiger partial charge is 0.161 e. The molecule has 1 N–H and O–H groups in total. The molecule has 3 unspecified atom stereocenters. The van der Waals surface area contributed by atoms with Gasteiger partial charge in [-0.25, -0.2) is 0 Å². The molecule has 2 aromatic rings. The minimum atomic E-state index is 0.544. The summed E-state index contributed by atoms with van der Waals surface area (Å²) in [5.74, 6) is 4.10. The highest BCUT2D eigenvalue weighted by Crippen LogP contribution is 2.45. The molecule has 1 fully saturated rings. The van der Waals surface area contributed by atoms with Gasteiger partial charge in [0.05, 0.1) is 21.3 Å². The second-order valence-electron chi connectivity index (χ2n) is 9.16. The number of ether oxygens (including phenoxy) is 3. The Bertz CT molecular complexity index is 944. The van der Waals surface area contributed by atoms with E-state index in [0.29, 0.717) is 12.0 Å². The van der Waals surface area contributed by atoms with Crippen LogP contribution in [0.2, 0.25) is 0 Å². The fourth-order valence-corrected chi connectivity index (χ4v) is 6.06. The van der Waals surface area contributed by atoms with E-state index in [2.05, 4.69) is 40.5 Å². The summed E-state index contributed by atoms with van der Waals surface area (Å²) >= 11 is 0. The third-order valence-corrected chi connectivity index (χ3v) is 7.65. The Kier molecular flexibility index (Phi) is 5.81. The van der Waals surface area contributed by atoms with Gasteiger partial charge >= 0.3 is 0 Å². The van der Waals surface area contributed by atoms with Crippen LogP contribution in [-0.4, -0.2) is 51.9 Å². The fourth-order valence-electron chi connectivity index (χ4n) is 6.06. The molecule has 1 aliphatic carbocycles. The summed E-state index contributed by atoms with van der Waals surface area (Å²) in [6, 6.07) is 11.5. The number of hydrogen-bond donors (Lipinski definition) is 1. The van der Waals surface area contributed by atoms with Crippen molar-refractivity contribution < 1.29 is 14.2 Å². The molecule has 2 aliphatic heterocycles. The lowest BCUT2D eigenvalue weighted by Gasteiger charge is -2.34. The highest BCUT2D eigenvalue weighted by molar-refractivity contribution is 5.48. The Balaban J connectivity index is 1.28. The number of methoxy groups -OCH3 is 3. The molecule has 5 heteroatoms. The molecule has 3 aliphatic rings. The maximum absolute atomic E-state index is 5.67. The molecule has 5 nitrogen and oxygen atoms in total. The molecule has 31 heavy (non-hydrogen) atoms. The van der Waals surface area contributed by atoms with Crippen LogP contribution in [0.25, 0.3) is 0 Å². The molecule has 0 saturated carbocycles. The highest BCUT2D eigenvalue weighted by Gasteiger charge is 2.40. The van der Waals surface area contributed by atoms with E-state index < -0.39 is 0 Å². The van der Waals surface area contributed by atoms with Crippen LogP contribution in [0, 0.1) is 5.92 Å². The molecule has 2 aromatic carbocycles. The lowest BCUT2D eigenvalue weighted by atomic mass is 9.73. The van der Waals surface area contributed by atoms with Gasteiger partial charge in [0.1, 0.15) is 5.75 Å². The number of nitrogens with one attached hydrogen (secondary N) is 1. The zero-order valence-electron chi connectivity index (χ0n) is 18.9. The van der Waals surface area contributed by atoms with Gasteiger partial charge < -0.3 is 19.5 Å². The quantitative estimate of drug-likeness (QED) is 0.768. The van der Waals surface area contributed by atoms with Crippen molar-refractivity contribution in [2.24, 2.45) is 5.92 Å². The Morgan fingerprint density at radius 3 is 2.52 bits per heavy atom. The van der Waals surface area contributed by atoms with Crippen LogP contribution < -0.4 is 19.5 Å². The maximum Gasteiger partial charge on any atom is 0.161 e. The van der Waals surface area contributed by atoms with Gasteiger partial charge in [0, 0.05) is 25.0 Å². The highest BCUT2D eigenvalue weighted by atomic mass is 16.5. The second-order valence-corrected chi connectivity index (χ2v) is 9.16. The van der Waals surface area contributed by atoms with E-state index in [1.54, 1.807) is 21.3 Å². The second kappa shape index (κ2) is 8.71. The van der Waals surface area contributed by atoms with Crippen LogP contribution in [0.1, 0.15) is 41.0 Å². The Labute approximate surface area is 185 Å². The van der Waals surface area contributed by atoms with Crippen molar-refractivity contribution in [1.82, 2.24) is 10.2 Å². The number of benzene rings is 2. The van der Waals surface area contributed by atoms with Crippen molar-refractivity contribution in [3.05, 3.63) is 52.6 Å². The van der Waals surface area contributed by atoms with Gasteiger partial charge in [-0.15, -0.1) is 0 Å². The number of fused-ring (bicyclic) bond motifs is 4. The van der Waals surface area contributed by atoms with Gasteiger partial charge in [-0.05, 0) is 85.1 Å².